The molecule has 0 aliphatic carbocycles. The minimum atomic E-state index is -4.76. The molecule has 0 saturated carbocycles. The molecule has 226 valence electrons. The molecule has 0 atom stereocenters. The maximum atomic E-state index is 12.8. The molecule has 1 fully saturated rings. The zero-order valence-corrected chi connectivity index (χ0v) is 24.9. The van der Waals surface area contributed by atoms with Gasteiger partial charge in [0.2, 0.25) is 5.91 Å². The minimum absolute atomic E-state index is 0.0436. The lowest BCUT2D eigenvalue weighted by molar-refractivity contribution is -0.274. The number of nitrogens with zero attached hydrogens (tertiary/aromatic N) is 6. The Labute approximate surface area is 256 Å². The molecule has 1 saturated heterocycles. The quantitative estimate of drug-likeness (QED) is 0.164. The minimum Gasteiger partial charge on any atom is -0.406 e. The molecular formula is C31H28F3N7O2S. The number of anilines is 1. The summed E-state index contributed by atoms with van der Waals surface area (Å²) in [7, 11) is 0. The molecule has 2 heterocycles. The second-order valence-corrected chi connectivity index (χ2v) is 11.1. The number of alkyl halides is 3. The van der Waals surface area contributed by atoms with Gasteiger partial charge < -0.3 is 4.74 Å². The van der Waals surface area contributed by atoms with E-state index in [1.54, 1.807) is 11.1 Å². The summed E-state index contributed by atoms with van der Waals surface area (Å²) < 4.78 is 42.7. The third kappa shape index (κ3) is 7.35. The SMILES string of the molecule is C=C(N=C1SCC(=O)N1c1cc(C)ccc1C(C)C)N/N=C/c1cccc(-c2ncn(-c3ccc(OC(F)(F)F)cc3)n2)c1. The smallest absolute Gasteiger partial charge is 0.406 e. The van der Waals surface area contributed by atoms with Crippen molar-refractivity contribution in [1.29, 1.82) is 0 Å². The number of aromatic nitrogens is 3. The lowest BCUT2D eigenvalue weighted by atomic mass is 9.99. The van der Waals surface area contributed by atoms with Gasteiger partial charge in [-0.2, -0.15) is 5.10 Å². The van der Waals surface area contributed by atoms with Crippen molar-refractivity contribution in [2.24, 2.45) is 10.1 Å². The topological polar surface area (TPSA) is 97.0 Å². The Morgan fingerprint density at radius 3 is 2.64 bits per heavy atom. The van der Waals surface area contributed by atoms with Crippen molar-refractivity contribution in [2.75, 3.05) is 10.7 Å². The van der Waals surface area contributed by atoms with E-state index < -0.39 is 6.36 Å². The number of aryl methyl sites for hydroxylation is 1. The van der Waals surface area contributed by atoms with Gasteiger partial charge in [0.15, 0.2) is 11.0 Å². The average molecular weight is 620 g/mol. The Morgan fingerprint density at radius 1 is 1.14 bits per heavy atom. The van der Waals surface area contributed by atoms with Crippen LogP contribution in [0.4, 0.5) is 18.9 Å². The highest BCUT2D eigenvalue weighted by Gasteiger charge is 2.32. The first-order chi connectivity index (χ1) is 21.0. The number of amides is 1. The van der Waals surface area contributed by atoms with Gasteiger partial charge in [0.05, 0.1) is 23.3 Å². The van der Waals surface area contributed by atoms with Crippen molar-refractivity contribution >= 4 is 34.7 Å². The number of thioether (sulfide) groups is 1. The molecule has 9 nitrogen and oxygen atoms in total. The molecule has 0 radical (unpaired) electrons. The first-order valence-corrected chi connectivity index (χ1v) is 14.5. The van der Waals surface area contributed by atoms with E-state index >= 15 is 0 Å². The third-order valence-corrected chi connectivity index (χ3v) is 7.35. The molecule has 5 rings (SSSR count). The Bertz CT molecular complexity index is 1750. The van der Waals surface area contributed by atoms with E-state index in [0.29, 0.717) is 22.2 Å². The largest absolute Gasteiger partial charge is 0.573 e. The third-order valence-electron chi connectivity index (χ3n) is 6.42. The van der Waals surface area contributed by atoms with Crippen LogP contribution in [0.25, 0.3) is 17.1 Å². The zero-order valence-electron chi connectivity index (χ0n) is 24.0. The molecule has 1 aliphatic rings. The molecule has 3 aromatic carbocycles. The monoisotopic (exact) mass is 619 g/mol. The molecule has 1 aromatic heterocycles. The second-order valence-electron chi connectivity index (χ2n) is 10.1. The zero-order chi connectivity index (χ0) is 31.4. The Balaban J connectivity index is 1.26. The molecule has 0 spiro atoms. The fourth-order valence-electron chi connectivity index (χ4n) is 4.42. The average Bonchev–Trinajstić information content (AvgIpc) is 3.60. The van der Waals surface area contributed by atoms with Crippen LogP contribution in [0.15, 0.2) is 95.6 Å². The number of hydrazone groups is 1. The van der Waals surface area contributed by atoms with Crippen LogP contribution in [0.3, 0.4) is 0 Å². The van der Waals surface area contributed by atoms with Gasteiger partial charge in [0.25, 0.3) is 0 Å². The molecule has 0 unspecified atom stereocenters. The van der Waals surface area contributed by atoms with Crippen molar-refractivity contribution in [3.05, 3.63) is 102 Å². The van der Waals surface area contributed by atoms with Crippen molar-refractivity contribution in [3.8, 4) is 22.8 Å². The Kier molecular flexibility index (Phi) is 8.86. The maximum absolute atomic E-state index is 12.8. The van der Waals surface area contributed by atoms with Crippen LogP contribution in [0.1, 0.15) is 36.5 Å². The molecule has 1 N–H and O–H groups in total. The Morgan fingerprint density at radius 2 is 1.91 bits per heavy atom. The highest BCUT2D eigenvalue weighted by atomic mass is 32.2. The fourth-order valence-corrected chi connectivity index (χ4v) is 5.30. The lowest BCUT2D eigenvalue weighted by Crippen LogP contribution is -2.31. The first-order valence-electron chi connectivity index (χ1n) is 13.5. The highest BCUT2D eigenvalue weighted by molar-refractivity contribution is 8.15. The molecule has 1 aliphatic heterocycles. The van der Waals surface area contributed by atoms with E-state index in [0.717, 1.165) is 22.4 Å². The number of amidine groups is 1. The number of halogens is 3. The normalized spacial score (nSPS) is 14.7. The van der Waals surface area contributed by atoms with Gasteiger partial charge in [0.1, 0.15) is 17.9 Å². The first kappa shape index (κ1) is 30.5. The number of benzene rings is 3. The molecule has 44 heavy (non-hydrogen) atoms. The predicted octanol–water partition coefficient (Wildman–Crippen LogP) is 6.80. The summed E-state index contributed by atoms with van der Waals surface area (Å²) in [5.41, 5.74) is 7.72. The van der Waals surface area contributed by atoms with Crippen LogP contribution in [-0.2, 0) is 4.79 Å². The van der Waals surface area contributed by atoms with Gasteiger partial charge >= 0.3 is 6.36 Å². The molecule has 1 amide bonds. The number of hydrogen-bond donors (Lipinski definition) is 1. The van der Waals surface area contributed by atoms with Crippen LogP contribution >= 0.6 is 11.8 Å². The molecule has 0 bridgehead atoms. The van der Waals surface area contributed by atoms with Crippen LogP contribution in [-0.4, -0.2) is 44.2 Å². The summed E-state index contributed by atoms with van der Waals surface area (Å²) in [6, 6.07) is 18.7. The number of nitrogens with one attached hydrogen (secondary N) is 1. The van der Waals surface area contributed by atoms with E-state index in [9.17, 15) is 18.0 Å². The van der Waals surface area contributed by atoms with Gasteiger partial charge in [-0.25, -0.2) is 14.7 Å². The van der Waals surface area contributed by atoms with Gasteiger partial charge in [-0.1, -0.05) is 62.5 Å². The standard InChI is InChI=1S/C31H28F3N7O2S/c1-19(2)26-13-8-20(3)14-27(26)41-28(42)17-44-30(41)37-21(4)38-36-16-22-6-5-7-23(15-22)29-35-18-40(39-29)24-9-11-25(12-10-24)43-31(32,33)34/h5-16,18-19,38H,4,17H2,1-3H3/b36-16+,37-30?. The number of ether oxygens (including phenoxy) is 1. The van der Waals surface area contributed by atoms with Crippen molar-refractivity contribution in [3.63, 3.8) is 0 Å². The predicted molar refractivity (Wildman–Crippen MR) is 166 cm³/mol. The molecular weight excluding hydrogens is 591 g/mol. The Hall–Kier alpha value is -4.91. The van der Waals surface area contributed by atoms with E-state index in [1.807, 2.05) is 49.4 Å². The summed E-state index contributed by atoms with van der Waals surface area (Å²) >= 11 is 1.35. The summed E-state index contributed by atoms with van der Waals surface area (Å²) in [4.78, 5) is 23.3. The number of carbonyl (C=O) groups is 1. The number of aliphatic imine (C=N–C) groups is 1. The summed E-state index contributed by atoms with van der Waals surface area (Å²) in [6.07, 6.45) is -1.70. The summed E-state index contributed by atoms with van der Waals surface area (Å²) in [6.45, 7) is 10.1. The molecule has 13 heteroatoms. The van der Waals surface area contributed by atoms with E-state index in [1.165, 1.54) is 47.0 Å². The number of rotatable bonds is 9. The van der Waals surface area contributed by atoms with E-state index in [2.05, 4.69) is 50.8 Å². The van der Waals surface area contributed by atoms with Crippen LogP contribution < -0.4 is 15.1 Å². The van der Waals surface area contributed by atoms with E-state index in [-0.39, 0.29) is 29.1 Å². The van der Waals surface area contributed by atoms with Crippen LogP contribution in [0, 0.1) is 6.92 Å². The lowest BCUT2D eigenvalue weighted by Gasteiger charge is -2.22. The van der Waals surface area contributed by atoms with Crippen LogP contribution in [0.5, 0.6) is 5.75 Å². The van der Waals surface area contributed by atoms with Crippen LogP contribution in [0.2, 0.25) is 0 Å². The van der Waals surface area contributed by atoms with Gasteiger partial charge in [0, 0.05) is 5.56 Å². The number of hydrogen-bond acceptors (Lipinski definition) is 8. The second kappa shape index (κ2) is 12.8. The molecule has 4 aromatic rings. The fraction of sp³-hybridized carbons (Fsp3) is 0.194. The van der Waals surface area contributed by atoms with Crippen molar-refractivity contribution in [2.45, 2.75) is 33.1 Å². The summed E-state index contributed by atoms with van der Waals surface area (Å²) in [5.74, 6) is 0.831. The summed E-state index contributed by atoms with van der Waals surface area (Å²) in [5, 5.41) is 9.22. The maximum Gasteiger partial charge on any atom is 0.573 e. The van der Waals surface area contributed by atoms with Crippen molar-refractivity contribution < 1.29 is 22.7 Å². The van der Waals surface area contributed by atoms with Gasteiger partial charge in [-0.15, -0.1) is 18.3 Å². The van der Waals surface area contributed by atoms with Gasteiger partial charge in [-0.05, 0) is 65.9 Å². The number of carbonyl (C=O) groups excluding carboxylic acids is 1. The van der Waals surface area contributed by atoms with Crippen molar-refractivity contribution in [1.82, 2.24) is 20.2 Å². The highest BCUT2D eigenvalue weighted by Crippen LogP contribution is 2.34. The van der Waals surface area contributed by atoms with Gasteiger partial charge in [-0.3, -0.25) is 15.1 Å². The van der Waals surface area contributed by atoms with E-state index in [4.69, 9.17) is 0 Å².